The minimum atomic E-state index is -1.46. The molecular formula is C16H14N2O5. The molecule has 7 heteroatoms. The lowest BCUT2D eigenvalue weighted by Gasteiger charge is -2.13. The number of nitrogens with one attached hydrogen (secondary N) is 2. The number of carbonyl (C=O) groups is 1. The fraction of sp³-hybridized carbons (Fsp3) is 0.250. The fourth-order valence-corrected chi connectivity index (χ4v) is 3.32. The largest absolute Gasteiger partial charge is 0.506 e. The van der Waals surface area contributed by atoms with Crippen molar-refractivity contribution in [3.05, 3.63) is 44.7 Å². The number of aromatic hydroxyl groups is 1. The average Bonchev–Trinajstić information content (AvgIpc) is 2.90. The summed E-state index contributed by atoms with van der Waals surface area (Å²) < 4.78 is 5.63. The van der Waals surface area contributed by atoms with Gasteiger partial charge in [-0.1, -0.05) is 6.07 Å². The molecule has 1 aromatic heterocycles. The normalized spacial score (nSPS) is 15.1. The molecule has 2 aliphatic heterocycles. The number of aromatic amines is 1. The van der Waals surface area contributed by atoms with Crippen LogP contribution < -0.4 is 10.9 Å². The van der Waals surface area contributed by atoms with Crippen molar-refractivity contribution in [2.45, 2.75) is 19.6 Å². The van der Waals surface area contributed by atoms with Crippen molar-refractivity contribution in [3.63, 3.8) is 0 Å². The van der Waals surface area contributed by atoms with E-state index >= 15 is 0 Å². The molecule has 0 saturated carbocycles. The van der Waals surface area contributed by atoms with Crippen LogP contribution in [-0.4, -0.2) is 27.7 Å². The summed E-state index contributed by atoms with van der Waals surface area (Å²) in [6, 6.07) is 3.78. The molecule has 4 rings (SSSR count). The third kappa shape index (κ3) is 1.93. The fourth-order valence-electron chi connectivity index (χ4n) is 3.32. The maximum Gasteiger partial charge on any atom is 0.345 e. The molecule has 0 aliphatic carbocycles. The maximum absolute atomic E-state index is 12.1. The predicted molar refractivity (Wildman–Crippen MR) is 81.8 cm³/mol. The number of carboxylic acids is 1. The molecule has 0 unspecified atom stereocenters. The standard InChI is InChI=1S/C16H14N2O5/c19-14-10-6-23-5-9-7-3-4-17-11(7)2-1-8(9)13(10)18-15(20)12(14)16(21)22/h1-2,17H,3-6H2,(H,21,22)(H2,18,19,20). The van der Waals surface area contributed by atoms with Crippen LogP contribution in [0.3, 0.4) is 0 Å². The molecule has 23 heavy (non-hydrogen) atoms. The smallest absolute Gasteiger partial charge is 0.345 e. The van der Waals surface area contributed by atoms with Crippen molar-refractivity contribution in [1.82, 2.24) is 4.98 Å². The van der Waals surface area contributed by atoms with Crippen molar-refractivity contribution in [2.24, 2.45) is 0 Å². The van der Waals surface area contributed by atoms with Gasteiger partial charge in [0.2, 0.25) is 0 Å². The highest BCUT2D eigenvalue weighted by Gasteiger charge is 2.28. The van der Waals surface area contributed by atoms with Crippen LogP contribution in [0.5, 0.6) is 5.75 Å². The number of anilines is 1. The van der Waals surface area contributed by atoms with Crippen LogP contribution in [0.15, 0.2) is 16.9 Å². The number of aromatic carboxylic acids is 1. The average molecular weight is 314 g/mol. The number of carboxylic acid groups (broad SMARTS) is 1. The molecule has 0 saturated heterocycles. The van der Waals surface area contributed by atoms with E-state index in [0.717, 1.165) is 35.3 Å². The second-order valence-electron chi connectivity index (χ2n) is 5.62. The minimum absolute atomic E-state index is 0.0368. The number of aromatic nitrogens is 1. The molecule has 4 N–H and O–H groups in total. The third-order valence-corrected chi connectivity index (χ3v) is 4.39. The Morgan fingerprint density at radius 2 is 1.96 bits per heavy atom. The van der Waals surface area contributed by atoms with E-state index in [2.05, 4.69) is 10.3 Å². The number of ether oxygens (including phenoxy) is 1. The van der Waals surface area contributed by atoms with Gasteiger partial charge in [-0.2, -0.15) is 0 Å². The quantitative estimate of drug-likeness (QED) is 0.634. The molecule has 0 atom stereocenters. The molecule has 3 heterocycles. The topological polar surface area (TPSA) is 112 Å². The molecule has 0 amide bonds. The Morgan fingerprint density at radius 1 is 1.17 bits per heavy atom. The summed E-state index contributed by atoms with van der Waals surface area (Å²) >= 11 is 0. The van der Waals surface area contributed by atoms with E-state index < -0.39 is 22.8 Å². The first kappa shape index (κ1) is 13.8. The Kier molecular flexibility index (Phi) is 2.92. The third-order valence-electron chi connectivity index (χ3n) is 4.39. The molecule has 0 spiro atoms. The second kappa shape index (κ2) is 4.85. The van der Waals surface area contributed by atoms with Gasteiger partial charge in [-0.25, -0.2) is 4.79 Å². The Bertz CT molecular complexity index is 900. The van der Waals surface area contributed by atoms with Gasteiger partial charge in [0.25, 0.3) is 5.56 Å². The van der Waals surface area contributed by atoms with Crippen LogP contribution in [-0.2, 0) is 24.4 Å². The summed E-state index contributed by atoms with van der Waals surface area (Å²) in [6.07, 6.45) is 0.862. The molecule has 2 aliphatic rings. The molecule has 0 bridgehead atoms. The first-order valence-electron chi connectivity index (χ1n) is 7.26. The summed E-state index contributed by atoms with van der Waals surface area (Å²) in [7, 11) is 0. The van der Waals surface area contributed by atoms with Gasteiger partial charge in [0.1, 0.15) is 5.75 Å². The Morgan fingerprint density at radius 3 is 2.74 bits per heavy atom. The number of rotatable bonds is 1. The Labute approximate surface area is 130 Å². The first-order valence-corrected chi connectivity index (χ1v) is 7.26. The van der Waals surface area contributed by atoms with Gasteiger partial charge in [-0.05, 0) is 23.6 Å². The zero-order valence-corrected chi connectivity index (χ0v) is 12.1. The lowest BCUT2D eigenvalue weighted by molar-refractivity contribution is 0.0690. The Balaban J connectivity index is 2.03. The van der Waals surface area contributed by atoms with Crippen LogP contribution in [0.25, 0.3) is 11.3 Å². The summed E-state index contributed by atoms with van der Waals surface area (Å²) in [5.74, 6) is -1.99. The van der Waals surface area contributed by atoms with Gasteiger partial charge in [-0.3, -0.25) is 4.79 Å². The van der Waals surface area contributed by atoms with Crippen molar-refractivity contribution >= 4 is 11.7 Å². The molecule has 7 nitrogen and oxygen atoms in total. The number of hydrogen-bond donors (Lipinski definition) is 4. The highest BCUT2D eigenvalue weighted by molar-refractivity contribution is 5.92. The Hall–Kier alpha value is -2.80. The first-order chi connectivity index (χ1) is 11.1. The number of pyridine rings is 1. The zero-order valence-electron chi connectivity index (χ0n) is 12.1. The molecule has 0 fully saturated rings. The van der Waals surface area contributed by atoms with E-state index in [4.69, 9.17) is 9.84 Å². The van der Waals surface area contributed by atoms with E-state index in [0.29, 0.717) is 17.9 Å². The molecular weight excluding hydrogens is 300 g/mol. The summed E-state index contributed by atoms with van der Waals surface area (Å²) in [5, 5.41) is 22.6. The summed E-state index contributed by atoms with van der Waals surface area (Å²) in [5.41, 5.74) is 3.17. The van der Waals surface area contributed by atoms with Crippen molar-refractivity contribution in [1.29, 1.82) is 0 Å². The van der Waals surface area contributed by atoms with E-state index in [1.807, 2.05) is 12.1 Å². The van der Waals surface area contributed by atoms with E-state index in [1.165, 1.54) is 0 Å². The van der Waals surface area contributed by atoms with E-state index in [-0.39, 0.29) is 6.61 Å². The van der Waals surface area contributed by atoms with Gasteiger partial charge in [-0.15, -0.1) is 0 Å². The highest BCUT2D eigenvalue weighted by Crippen LogP contribution is 2.39. The lowest BCUT2D eigenvalue weighted by atomic mass is 9.95. The number of fused-ring (bicyclic) bond motifs is 5. The highest BCUT2D eigenvalue weighted by atomic mass is 16.5. The van der Waals surface area contributed by atoms with E-state index in [9.17, 15) is 14.7 Å². The van der Waals surface area contributed by atoms with Crippen LogP contribution in [0.2, 0.25) is 0 Å². The molecule has 118 valence electrons. The summed E-state index contributed by atoms with van der Waals surface area (Å²) in [6.45, 7) is 1.23. The van der Waals surface area contributed by atoms with Crippen LogP contribution in [0.1, 0.15) is 27.0 Å². The van der Waals surface area contributed by atoms with Crippen molar-refractivity contribution in [3.8, 4) is 17.0 Å². The zero-order chi connectivity index (χ0) is 16.1. The van der Waals surface area contributed by atoms with Gasteiger partial charge >= 0.3 is 5.97 Å². The van der Waals surface area contributed by atoms with Crippen LogP contribution in [0.4, 0.5) is 5.69 Å². The van der Waals surface area contributed by atoms with Crippen LogP contribution >= 0.6 is 0 Å². The van der Waals surface area contributed by atoms with Crippen molar-refractivity contribution < 1.29 is 19.7 Å². The van der Waals surface area contributed by atoms with Gasteiger partial charge in [0.05, 0.1) is 18.9 Å². The lowest BCUT2D eigenvalue weighted by Crippen LogP contribution is -2.20. The van der Waals surface area contributed by atoms with Crippen LogP contribution in [0, 0.1) is 0 Å². The minimum Gasteiger partial charge on any atom is -0.506 e. The van der Waals surface area contributed by atoms with Gasteiger partial charge in [0.15, 0.2) is 5.56 Å². The monoisotopic (exact) mass is 314 g/mol. The molecule has 2 aromatic rings. The molecule has 1 aromatic carbocycles. The van der Waals surface area contributed by atoms with Gasteiger partial charge in [0, 0.05) is 23.4 Å². The van der Waals surface area contributed by atoms with Gasteiger partial charge < -0.3 is 25.3 Å². The predicted octanol–water partition coefficient (Wildman–Crippen LogP) is 1.44. The summed E-state index contributed by atoms with van der Waals surface area (Å²) in [4.78, 5) is 25.9. The molecule has 0 radical (unpaired) electrons. The number of H-pyrrole nitrogens is 1. The van der Waals surface area contributed by atoms with Crippen molar-refractivity contribution in [2.75, 3.05) is 11.9 Å². The second-order valence-corrected chi connectivity index (χ2v) is 5.62. The maximum atomic E-state index is 12.1. The van der Waals surface area contributed by atoms with E-state index in [1.54, 1.807) is 0 Å². The number of hydrogen-bond acceptors (Lipinski definition) is 5. The number of benzene rings is 1. The SMILES string of the molecule is O=C(O)c1c(O)c2c([nH]c1=O)-c1ccc3c(c1COC2)CCN3.